The van der Waals surface area contributed by atoms with Crippen molar-refractivity contribution in [3.05, 3.63) is 60.4 Å². The lowest BCUT2D eigenvalue weighted by atomic mass is 10.0. The number of piperidine rings is 1. The van der Waals surface area contributed by atoms with Crippen LogP contribution in [0.2, 0.25) is 0 Å². The van der Waals surface area contributed by atoms with E-state index < -0.39 is 0 Å². The molecule has 1 fully saturated rings. The summed E-state index contributed by atoms with van der Waals surface area (Å²) in [4.78, 5) is 7.28. The highest BCUT2D eigenvalue weighted by Gasteiger charge is 2.19. The molecule has 150 valence electrons. The monoisotopic (exact) mass is 380 g/mol. The number of benzene rings is 1. The van der Waals surface area contributed by atoms with Crippen LogP contribution < -0.4 is 10.6 Å². The van der Waals surface area contributed by atoms with Gasteiger partial charge in [0.25, 0.3) is 0 Å². The largest absolute Gasteiger partial charge is 0.357 e. The number of nitrogens with one attached hydrogen (secondary N) is 2. The number of aromatic nitrogens is 2. The van der Waals surface area contributed by atoms with E-state index >= 15 is 0 Å². The average molecular weight is 381 g/mol. The molecule has 1 aromatic carbocycles. The molecule has 0 bridgehead atoms. The first-order valence-electron chi connectivity index (χ1n) is 10.1. The molecule has 0 atom stereocenters. The van der Waals surface area contributed by atoms with Crippen molar-refractivity contribution in [3.63, 3.8) is 0 Å². The van der Waals surface area contributed by atoms with Crippen LogP contribution in [0.4, 0.5) is 0 Å². The van der Waals surface area contributed by atoms with Gasteiger partial charge in [-0.1, -0.05) is 24.3 Å². The number of hydrogen-bond acceptors (Lipinski definition) is 3. The first-order chi connectivity index (χ1) is 13.6. The molecule has 0 spiro atoms. The molecule has 3 rings (SSSR count). The van der Waals surface area contributed by atoms with Gasteiger partial charge in [-0.3, -0.25) is 4.90 Å². The highest BCUT2D eigenvalue weighted by atomic mass is 15.3. The summed E-state index contributed by atoms with van der Waals surface area (Å²) in [6.45, 7) is 12.9. The molecule has 0 aliphatic carbocycles. The van der Waals surface area contributed by atoms with Crippen molar-refractivity contribution in [2.24, 2.45) is 4.99 Å². The lowest BCUT2D eigenvalue weighted by Gasteiger charge is -2.33. The summed E-state index contributed by atoms with van der Waals surface area (Å²) in [5.41, 5.74) is 3.46. The lowest BCUT2D eigenvalue weighted by molar-refractivity contribution is 0.221. The molecule has 1 aliphatic heterocycles. The van der Waals surface area contributed by atoms with Crippen LogP contribution in [0.5, 0.6) is 0 Å². The van der Waals surface area contributed by atoms with E-state index in [0.717, 1.165) is 50.7 Å². The van der Waals surface area contributed by atoms with E-state index in [1.54, 1.807) is 6.20 Å². The molecular weight excluding hydrogens is 348 g/mol. The topological polar surface area (TPSA) is 57.5 Å². The minimum atomic E-state index is 0.467. The van der Waals surface area contributed by atoms with Crippen LogP contribution in [0, 0.1) is 0 Å². The first-order valence-corrected chi connectivity index (χ1v) is 10.1. The first kappa shape index (κ1) is 20.1. The Morgan fingerprint density at radius 1 is 1.29 bits per heavy atom. The van der Waals surface area contributed by atoms with Crippen LogP contribution in [0.3, 0.4) is 0 Å². The molecule has 0 amide bonds. The summed E-state index contributed by atoms with van der Waals surface area (Å²) >= 11 is 0. The summed E-state index contributed by atoms with van der Waals surface area (Å²) in [5.74, 6) is 0.894. The SMILES string of the molecule is C=C(C)CN1CCC(NC(=NCc2cccc(-n3cccn3)c2)NCC)CC1. The van der Waals surface area contributed by atoms with E-state index in [1.165, 1.54) is 11.1 Å². The standard InChI is InChI=1S/C22H32N6/c1-4-23-22(26-20-9-13-27(14-10-20)17-18(2)3)24-16-19-7-5-8-21(15-19)28-12-6-11-25-28/h5-8,11-12,15,20H,2,4,9-10,13-14,16-17H2,1,3H3,(H2,23,24,26). The summed E-state index contributed by atoms with van der Waals surface area (Å²) in [6, 6.07) is 10.8. The average Bonchev–Trinajstić information content (AvgIpc) is 3.22. The molecule has 2 aromatic rings. The van der Waals surface area contributed by atoms with Gasteiger partial charge in [-0.05, 0) is 50.5 Å². The van der Waals surface area contributed by atoms with Gasteiger partial charge < -0.3 is 10.6 Å². The highest BCUT2D eigenvalue weighted by molar-refractivity contribution is 5.80. The second kappa shape index (κ2) is 10.1. The van der Waals surface area contributed by atoms with Gasteiger partial charge in [0, 0.05) is 44.6 Å². The molecule has 28 heavy (non-hydrogen) atoms. The molecule has 2 heterocycles. The predicted molar refractivity (Wildman–Crippen MR) is 116 cm³/mol. The summed E-state index contributed by atoms with van der Waals surface area (Å²) in [7, 11) is 0. The fourth-order valence-corrected chi connectivity index (χ4v) is 3.52. The Bertz CT molecular complexity index is 772. The third-order valence-electron chi connectivity index (χ3n) is 4.87. The van der Waals surface area contributed by atoms with E-state index in [0.29, 0.717) is 12.6 Å². The zero-order chi connectivity index (χ0) is 19.8. The normalized spacial score (nSPS) is 16.1. The smallest absolute Gasteiger partial charge is 0.191 e. The molecular formula is C22H32N6. The fourth-order valence-electron chi connectivity index (χ4n) is 3.52. The van der Waals surface area contributed by atoms with Gasteiger partial charge in [0.2, 0.25) is 0 Å². The van der Waals surface area contributed by atoms with E-state index in [-0.39, 0.29) is 0 Å². The van der Waals surface area contributed by atoms with E-state index in [4.69, 9.17) is 4.99 Å². The second-order valence-electron chi connectivity index (χ2n) is 7.47. The zero-order valence-electron chi connectivity index (χ0n) is 17.1. The van der Waals surface area contributed by atoms with Crippen LogP contribution in [0.1, 0.15) is 32.3 Å². The van der Waals surface area contributed by atoms with Gasteiger partial charge >= 0.3 is 0 Å². The number of aliphatic imine (C=N–C) groups is 1. The van der Waals surface area contributed by atoms with Crippen molar-refractivity contribution in [2.45, 2.75) is 39.3 Å². The molecule has 6 nitrogen and oxygen atoms in total. The Morgan fingerprint density at radius 3 is 2.79 bits per heavy atom. The quantitative estimate of drug-likeness (QED) is 0.440. The maximum Gasteiger partial charge on any atom is 0.191 e. The van der Waals surface area contributed by atoms with Crippen LogP contribution in [-0.4, -0.2) is 52.9 Å². The molecule has 2 N–H and O–H groups in total. The van der Waals surface area contributed by atoms with Crippen molar-refractivity contribution in [1.29, 1.82) is 0 Å². The number of guanidine groups is 1. The Morgan fingerprint density at radius 2 is 2.11 bits per heavy atom. The Kier molecular flexibility index (Phi) is 7.25. The van der Waals surface area contributed by atoms with Gasteiger partial charge in [0.05, 0.1) is 12.2 Å². The Balaban J connectivity index is 1.57. The van der Waals surface area contributed by atoms with E-state index in [2.05, 4.69) is 65.3 Å². The molecule has 1 aromatic heterocycles. The van der Waals surface area contributed by atoms with Gasteiger partial charge in [0.1, 0.15) is 0 Å². The van der Waals surface area contributed by atoms with Crippen molar-refractivity contribution >= 4 is 5.96 Å². The third kappa shape index (κ3) is 5.96. The number of rotatable bonds is 7. The van der Waals surface area contributed by atoms with E-state index in [1.807, 2.05) is 16.9 Å². The van der Waals surface area contributed by atoms with Crippen LogP contribution in [0.15, 0.2) is 59.9 Å². The van der Waals surface area contributed by atoms with Crippen LogP contribution in [0.25, 0.3) is 5.69 Å². The van der Waals surface area contributed by atoms with Gasteiger partial charge in [-0.2, -0.15) is 5.10 Å². The van der Waals surface area contributed by atoms with Crippen molar-refractivity contribution in [1.82, 2.24) is 25.3 Å². The van der Waals surface area contributed by atoms with E-state index in [9.17, 15) is 0 Å². The highest BCUT2D eigenvalue weighted by Crippen LogP contribution is 2.13. The van der Waals surface area contributed by atoms with Crippen LogP contribution in [-0.2, 0) is 6.54 Å². The summed E-state index contributed by atoms with van der Waals surface area (Å²) < 4.78 is 1.87. The second-order valence-corrected chi connectivity index (χ2v) is 7.47. The fraction of sp³-hybridized carbons (Fsp3) is 0.455. The molecule has 0 unspecified atom stereocenters. The Hall–Kier alpha value is -2.60. The summed E-state index contributed by atoms with van der Waals surface area (Å²) in [6.07, 6.45) is 6.01. The zero-order valence-corrected chi connectivity index (χ0v) is 17.1. The van der Waals surface area contributed by atoms with Gasteiger partial charge in [-0.15, -0.1) is 0 Å². The number of nitrogens with zero attached hydrogens (tertiary/aromatic N) is 4. The molecule has 6 heteroatoms. The number of likely N-dealkylation sites (tertiary alicyclic amines) is 1. The van der Waals surface area contributed by atoms with Gasteiger partial charge in [-0.25, -0.2) is 9.67 Å². The van der Waals surface area contributed by atoms with Crippen LogP contribution >= 0.6 is 0 Å². The Labute approximate surface area is 168 Å². The minimum Gasteiger partial charge on any atom is -0.357 e. The third-order valence-corrected chi connectivity index (χ3v) is 4.87. The predicted octanol–water partition coefficient (Wildman–Crippen LogP) is 2.97. The summed E-state index contributed by atoms with van der Waals surface area (Å²) in [5, 5.41) is 11.3. The molecule has 0 saturated carbocycles. The van der Waals surface area contributed by atoms with Gasteiger partial charge in [0.15, 0.2) is 5.96 Å². The maximum atomic E-state index is 4.80. The minimum absolute atomic E-state index is 0.467. The molecule has 1 aliphatic rings. The number of hydrogen-bond donors (Lipinski definition) is 2. The molecule has 0 radical (unpaired) electrons. The molecule has 1 saturated heterocycles. The van der Waals surface area contributed by atoms with Crippen molar-refractivity contribution < 1.29 is 0 Å². The van der Waals surface area contributed by atoms with Crippen molar-refractivity contribution in [2.75, 3.05) is 26.2 Å². The maximum absolute atomic E-state index is 4.80. The van der Waals surface area contributed by atoms with Crippen molar-refractivity contribution in [3.8, 4) is 5.69 Å². The lowest BCUT2D eigenvalue weighted by Crippen LogP contribution is -2.48.